The molecule has 0 saturated heterocycles. The maximum Gasteiger partial charge on any atom is 0.261 e. The normalized spacial score (nSPS) is 16.0. The SMILES string of the molecule is CCC(C)OC(OC(C)CC)(C(=O)c1ccccc1)c1ccccc1. The molecule has 0 aliphatic rings. The fourth-order valence-corrected chi connectivity index (χ4v) is 2.57. The van der Waals surface area contributed by atoms with Gasteiger partial charge in [-0.25, -0.2) is 0 Å². The van der Waals surface area contributed by atoms with Crippen LogP contribution in [0.15, 0.2) is 60.7 Å². The number of hydrogen-bond donors (Lipinski definition) is 0. The van der Waals surface area contributed by atoms with Gasteiger partial charge in [-0.05, 0) is 26.7 Å². The van der Waals surface area contributed by atoms with Gasteiger partial charge in [-0.3, -0.25) is 4.79 Å². The van der Waals surface area contributed by atoms with E-state index < -0.39 is 5.79 Å². The van der Waals surface area contributed by atoms with Crippen molar-refractivity contribution in [3.8, 4) is 0 Å². The molecule has 0 amide bonds. The molecule has 0 saturated carbocycles. The molecular weight excluding hydrogens is 312 g/mol. The molecule has 2 unspecified atom stereocenters. The van der Waals surface area contributed by atoms with Gasteiger partial charge in [0, 0.05) is 11.1 Å². The number of ketones is 1. The molecule has 0 N–H and O–H groups in total. The first kappa shape index (κ1) is 19.4. The summed E-state index contributed by atoms with van der Waals surface area (Å²) in [5, 5.41) is 0. The zero-order valence-electron chi connectivity index (χ0n) is 15.6. The van der Waals surface area contributed by atoms with Crippen LogP contribution in [0.25, 0.3) is 0 Å². The molecule has 0 heterocycles. The summed E-state index contributed by atoms with van der Waals surface area (Å²) in [6.45, 7) is 8.01. The van der Waals surface area contributed by atoms with E-state index in [2.05, 4.69) is 0 Å². The quantitative estimate of drug-likeness (QED) is 0.456. The average Bonchev–Trinajstić information content (AvgIpc) is 2.67. The molecule has 0 radical (unpaired) electrons. The Morgan fingerprint density at radius 1 is 0.840 bits per heavy atom. The number of benzene rings is 2. The maximum absolute atomic E-state index is 13.5. The van der Waals surface area contributed by atoms with Crippen LogP contribution in [0.4, 0.5) is 0 Å². The van der Waals surface area contributed by atoms with Gasteiger partial charge in [0.15, 0.2) is 0 Å². The Morgan fingerprint density at radius 3 is 1.72 bits per heavy atom. The van der Waals surface area contributed by atoms with Crippen LogP contribution < -0.4 is 0 Å². The first-order valence-corrected chi connectivity index (χ1v) is 9.04. The van der Waals surface area contributed by atoms with E-state index in [4.69, 9.17) is 9.47 Å². The summed E-state index contributed by atoms with van der Waals surface area (Å²) in [6.07, 6.45) is 1.36. The lowest BCUT2D eigenvalue weighted by Crippen LogP contribution is -2.45. The molecule has 25 heavy (non-hydrogen) atoms. The van der Waals surface area contributed by atoms with Crippen molar-refractivity contribution in [2.45, 2.75) is 58.5 Å². The van der Waals surface area contributed by atoms with Gasteiger partial charge in [0.05, 0.1) is 12.2 Å². The van der Waals surface area contributed by atoms with E-state index in [1.807, 2.05) is 76.2 Å². The third kappa shape index (κ3) is 4.56. The minimum absolute atomic E-state index is 0.114. The number of Topliss-reactive ketones (excluding diaryl/α,β-unsaturated/α-hetero) is 1. The second kappa shape index (κ2) is 8.93. The van der Waals surface area contributed by atoms with Crippen molar-refractivity contribution >= 4 is 5.78 Å². The fraction of sp³-hybridized carbons (Fsp3) is 0.409. The predicted molar refractivity (Wildman–Crippen MR) is 101 cm³/mol. The third-order valence-electron chi connectivity index (χ3n) is 4.37. The Labute approximate surface area is 151 Å². The zero-order valence-corrected chi connectivity index (χ0v) is 15.6. The Morgan fingerprint density at radius 2 is 1.28 bits per heavy atom. The van der Waals surface area contributed by atoms with Crippen LogP contribution in [0.2, 0.25) is 0 Å². The first-order valence-electron chi connectivity index (χ1n) is 9.04. The Balaban J connectivity index is 2.58. The Bertz CT molecular complexity index is 639. The van der Waals surface area contributed by atoms with Crippen molar-refractivity contribution < 1.29 is 14.3 Å². The number of hydrogen-bond acceptors (Lipinski definition) is 3. The zero-order chi connectivity index (χ0) is 18.3. The summed E-state index contributed by atoms with van der Waals surface area (Å²) in [7, 11) is 0. The van der Waals surface area contributed by atoms with Crippen LogP contribution in [-0.2, 0) is 15.3 Å². The summed E-state index contributed by atoms with van der Waals surface area (Å²) in [5.74, 6) is -1.60. The predicted octanol–water partition coefficient (Wildman–Crippen LogP) is 5.35. The van der Waals surface area contributed by atoms with Crippen LogP contribution in [0, 0.1) is 0 Å². The second-order valence-corrected chi connectivity index (χ2v) is 6.35. The van der Waals surface area contributed by atoms with Gasteiger partial charge in [-0.2, -0.15) is 0 Å². The minimum Gasteiger partial charge on any atom is -0.337 e. The largest absolute Gasteiger partial charge is 0.337 e. The smallest absolute Gasteiger partial charge is 0.261 e. The van der Waals surface area contributed by atoms with Crippen molar-refractivity contribution in [1.82, 2.24) is 0 Å². The fourth-order valence-electron chi connectivity index (χ4n) is 2.57. The molecule has 0 bridgehead atoms. The van der Waals surface area contributed by atoms with Crippen molar-refractivity contribution in [3.63, 3.8) is 0 Å². The van der Waals surface area contributed by atoms with Crippen molar-refractivity contribution in [2.24, 2.45) is 0 Å². The number of carbonyl (C=O) groups excluding carboxylic acids is 1. The summed E-state index contributed by atoms with van der Waals surface area (Å²) in [6, 6.07) is 18.7. The second-order valence-electron chi connectivity index (χ2n) is 6.35. The highest BCUT2D eigenvalue weighted by Crippen LogP contribution is 2.35. The van der Waals surface area contributed by atoms with Crippen molar-refractivity contribution in [1.29, 1.82) is 0 Å². The molecular formula is C22H28O3. The number of carbonyl (C=O) groups is 1. The highest BCUT2D eigenvalue weighted by atomic mass is 16.7. The number of ether oxygens (including phenoxy) is 2. The monoisotopic (exact) mass is 340 g/mol. The van der Waals surface area contributed by atoms with Crippen molar-refractivity contribution in [2.75, 3.05) is 0 Å². The van der Waals surface area contributed by atoms with E-state index in [1.54, 1.807) is 12.1 Å². The van der Waals surface area contributed by atoms with Gasteiger partial charge in [-0.15, -0.1) is 0 Å². The Kier molecular flexibility index (Phi) is 6.91. The molecule has 3 heteroatoms. The summed E-state index contributed by atoms with van der Waals surface area (Å²) in [5.41, 5.74) is 1.31. The number of rotatable bonds is 9. The molecule has 0 spiro atoms. The van der Waals surface area contributed by atoms with E-state index in [9.17, 15) is 4.79 Å². The van der Waals surface area contributed by atoms with E-state index in [0.717, 1.165) is 18.4 Å². The van der Waals surface area contributed by atoms with Crippen LogP contribution in [-0.4, -0.2) is 18.0 Å². The lowest BCUT2D eigenvalue weighted by atomic mass is 9.95. The molecule has 0 aromatic heterocycles. The van der Waals surface area contributed by atoms with Crippen LogP contribution in [0.5, 0.6) is 0 Å². The van der Waals surface area contributed by atoms with E-state index in [-0.39, 0.29) is 18.0 Å². The van der Waals surface area contributed by atoms with Gasteiger partial charge in [0.1, 0.15) is 0 Å². The molecule has 0 aliphatic carbocycles. The van der Waals surface area contributed by atoms with Gasteiger partial charge < -0.3 is 9.47 Å². The molecule has 2 aromatic carbocycles. The maximum atomic E-state index is 13.5. The highest BCUT2D eigenvalue weighted by Gasteiger charge is 2.45. The molecule has 134 valence electrons. The van der Waals surface area contributed by atoms with Crippen molar-refractivity contribution in [3.05, 3.63) is 71.8 Å². The van der Waals surface area contributed by atoms with E-state index in [0.29, 0.717) is 5.56 Å². The highest BCUT2D eigenvalue weighted by molar-refractivity contribution is 6.02. The van der Waals surface area contributed by atoms with E-state index in [1.165, 1.54) is 0 Å². The summed E-state index contributed by atoms with van der Waals surface area (Å²) < 4.78 is 12.6. The molecule has 2 rings (SSSR count). The average molecular weight is 340 g/mol. The topological polar surface area (TPSA) is 35.5 Å². The van der Waals surface area contributed by atoms with Gasteiger partial charge >= 0.3 is 0 Å². The third-order valence-corrected chi connectivity index (χ3v) is 4.37. The van der Waals surface area contributed by atoms with Crippen LogP contribution >= 0.6 is 0 Å². The Hall–Kier alpha value is -1.97. The first-order chi connectivity index (χ1) is 12.0. The molecule has 3 nitrogen and oxygen atoms in total. The minimum atomic E-state index is -1.44. The van der Waals surface area contributed by atoms with Gasteiger partial charge in [0.2, 0.25) is 5.78 Å². The molecule has 0 fully saturated rings. The molecule has 2 aromatic rings. The summed E-state index contributed by atoms with van der Waals surface area (Å²) in [4.78, 5) is 13.5. The standard InChI is InChI=1S/C22H28O3/c1-5-17(3)24-22(25-18(4)6-2,20-15-11-8-12-16-20)21(23)19-13-9-7-10-14-19/h7-18H,5-6H2,1-4H3. The van der Waals surface area contributed by atoms with Crippen LogP contribution in [0.3, 0.4) is 0 Å². The van der Waals surface area contributed by atoms with Gasteiger partial charge in [0.25, 0.3) is 5.79 Å². The molecule has 2 atom stereocenters. The summed E-state index contributed by atoms with van der Waals surface area (Å²) >= 11 is 0. The lowest BCUT2D eigenvalue weighted by Gasteiger charge is -2.37. The van der Waals surface area contributed by atoms with Gasteiger partial charge in [-0.1, -0.05) is 74.5 Å². The lowest BCUT2D eigenvalue weighted by molar-refractivity contribution is -0.249. The van der Waals surface area contributed by atoms with Crippen LogP contribution in [0.1, 0.15) is 56.5 Å². The molecule has 0 aliphatic heterocycles. The van der Waals surface area contributed by atoms with E-state index >= 15 is 0 Å².